The van der Waals surface area contributed by atoms with Crippen molar-refractivity contribution in [2.24, 2.45) is 0 Å². The number of aromatic nitrogens is 1. The third-order valence-corrected chi connectivity index (χ3v) is 3.90. The standard InChI is InChI=1S/C15H15Br2N3O/c1-2-8-18-14-5-3-4-12(19-14)15(21)20-13-9-10(16)6-7-11(13)17/h3-7,9H,2,8H2,1H3,(H,18,19)(H,20,21). The molecule has 6 heteroatoms. The first-order valence-corrected chi connectivity index (χ1v) is 8.16. The summed E-state index contributed by atoms with van der Waals surface area (Å²) >= 11 is 6.80. The van der Waals surface area contributed by atoms with Crippen LogP contribution in [0.25, 0.3) is 0 Å². The van der Waals surface area contributed by atoms with Gasteiger partial charge in [0.05, 0.1) is 5.69 Å². The largest absolute Gasteiger partial charge is 0.370 e. The maximum Gasteiger partial charge on any atom is 0.274 e. The van der Waals surface area contributed by atoms with Gasteiger partial charge in [-0.3, -0.25) is 4.79 Å². The number of nitrogens with zero attached hydrogens (tertiary/aromatic N) is 1. The van der Waals surface area contributed by atoms with Crippen LogP contribution in [0.15, 0.2) is 45.3 Å². The van der Waals surface area contributed by atoms with E-state index in [1.54, 1.807) is 6.07 Å². The zero-order valence-corrected chi connectivity index (χ0v) is 14.7. The number of amides is 1. The van der Waals surface area contributed by atoms with Gasteiger partial charge < -0.3 is 10.6 Å². The predicted molar refractivity (Wildman–Crippen MR) is 92.8 cm³/mol. The Balaban J connectivity index is 2.14. The molecule has 0 aliphatic heterocycles. The summed E-state index contributed by atoms with van der Waals surface area (Å²) in [4.78, 5) is 16.6. The molecule has 0 atom stereocenters. The van der Waals surface area contributed by atoms with Crippen molar-refractivity contribution in [2.75, 3.05) is 17.2 Å². The van der Waals surface area contributed by atoms with Gasteiger partial charge in [0.2, 0.25) is 0 Å². The summed E-state index contributed by atoms with van der Waals surface area (Å²) in [6.45, 7) is 2.91. The molecular formula is C15H15Br2N3O. The molecule has 0 aliphatic rings. The first-order chi connectivity index (χ1) is 10.1. The molecule has 0 radical (unpaired) electrons. The van der Waals surface area contributed by atoms with Crippen molar-refractivity contribution in [3.63, 3.8) is 0 Å². The molecule has 1 aromatic carbocycles. The fourth-order valence-electron chi connectivity index (χ4n) is 1.69. The predicted octanol–water partition coefficient (Wildman–Crippen LogP) is 4.68. The molecule has 1 aromatic heterocycles. The lowest BCUT2D eigenvalue weighted by molar-refractivity contribution is 0.102. The van der Waals surface area contributed by atoms with Crippen molar-refractivity contribution >= 4 is 49.3 Å². The lowest BCUT2D eigenvalue weighted by Crippen LogP contribution is -2.15. The van der Waals surface area contributed by atoms with Crippen LogP contribution in [-0.2, 0) is 0 Å². The Hall–Kier alpha value is -1.40. The van der Waals surface area contributed by atoms with E-state index >= 15 is 0 Å². The molecule has 0 unspecified atom stereocenters. The van der Waals surface area contributed by atoms with E-state index in [2.05, 4.69) is 54.4 Å². The van der Waals surface area contributed by atoms with E-state index in [9.17, 15) is 4.79 Å². The number of carbonyl (C=O) groups excluding carboxylic acids is 1. The number of benzene rings is 1. The zero-order chi connectivity index (χ0) is 15.2. The van der Waals surface area contributed by atoms with Crippen molar-refractivity contribution in [3.8, 4) is 0 Å². The normalized spacial score (nSPS) is 10.2. The molecule has 4 nitrogen and oxygen atoms in total. The number of nitrogens with one attached hydrogen (secondary N) is 2. The van der Waals surface area contributed by atoms with Crippen LogP contribution in [0.3, 0.4) is 0 Å². The van der Waals surface area contributed by atoms with Crippen LogP contribution in [0.5, 0.6) is 0 Å². The summed E-state index contributed by atoms with van der Waals surface area (Å²) < 4.78 is 1.71. The average molecular weight is 413 g/mol. The minimum atomic E-state index is -0.242. The lowest BCUT2D eigenvalue weighted by atomic mass is 10.3. The van der Waals surface area contributed by atoms with Gasteiger partial charge in [-0.05, 0) is 52.7 Å². The number of hydrogen-bond acceptors (Lipinski definition) is 3. The van der Waals surface area contributed by atoms with E-state index in [-0.39, 0.29) is 5.91 Å². The fraction of sp³-hybridized carbons (Fsp3) is 0.200. The second kappa shape index (κ2) is 7.56. The van der Waals surface area contributed by atoms with Gasteiger partial charge in [0.15, 0.2) is 0 Å². The Bertz CT molecular complexity index is 647. The quantitative estimate of drug-likeness (QED) is 0.749. The highest BCUT2D eigenvalue weighted by Crippen LogP contribution is 2.26. The molecule has 0 saturated heterocycles. The van der Waals surface area contributed by atoms with Crippen LogP contribution in [0.1, 0.15) is 23.8 Å². The number of hydrogen-bond donors (Lipinski definition) is 2. The Morgan fingerprint density at radius 3 is 2.81 bits per heavy atom. The van der Waals surface area contributed by atoms with Crippen molar-refractivity contribution in [1.29, 1.82) is 0 Å². The molecule has 0 spiro atoms. The molecule has 0 saturated carbocycles. The number of anilines is 2. The maximum absolute atomic E-state index is 12.3. The number of rotatable bonds is 5. The van der Waals surface area contributed by atoms with Crippen molar-refractivity contribution < 1.29 is 4.79 Å². The average Bonchev–Trinajstić information content (AvgIpc) is 2.49. The third kappa shape index (κ3) is 4.54. The first-order valence-electron chi connectivity index (χ1n) is 6.57. The summed E-state index contributed by atoms with van der Waals surface area (Å²) in [6.07, 6.45) is 1.00. The molecule has 0 fully saturated rings. The molecule has 1 amide bonds. The van der Waals surface area contributed by atoms with Crippen LogP contribution in [0, 0.1) is 0 Å². The molecular weight excluding hydrogens is 398 g/mol. The highest BCUT2D eigenvalue weighted by Gasteiger charge is 2.10. The Labute approximate surface area is 140 Å². The number of halogens is 2. The minimum Gasteiger partial charge on any atom is -0.370 e. The van der Waals surface area contributed by atoms with Gasteiger partial charge in [-0.15, -0.1) is 0 Å². The molecule has 2 N–H and O–H groups in total. The molecule has 110 valence electrons. The summed E-state index contributed by atoms with van der Waals surface area (Å²) in [7, 11) is 0. The van der Waals surface area contributed by atoms with Crippen molar-refractivity contribution in [1.82, 2.24) is 4.98 Å². The topological polar surface area (TPSA) is 54.0 Å². The summed E-state index contributed by atoms with van der Waals surface area (Å²) in [5.74, 6) is 0.465. The highest BCUT2D eigenvalue weighted by molar-refractivity contribution is 9.11. The Kier molecular flexibility index (Phi) is 5.76. The lowest BCUT2D eigenvalue weighted by Gasteiger charge is -2.09. The molecule has 0 bridgehead atoms. The SMILES string of the molecule is CCCNc1cccc(C(=O)Nc2cc(Br)ccc2Br)n1. The van der Waals surface area contributed by atoms with Crippen molar-refractivity contribution in [2.45, 2.75) is 13.3 Å². The van der Waals surface area contributed by atoms with Gasteiger partial charge in [-0.25, -0.2) is 4.98 Å². The van der Waals surface area contributed by atoms with Gasteiger partial charge in [-0.1, -0.05) is 28.9 Å². The van der Waals surface area contributed by atoms with Crippen LogP contribution >= 0.6 is 31.9 Å². The molecule has 2 rings (SSSR count). The van der Waals surface area contributed by atoms with Gasteiger partial charge in [0.1, 0.15) is 11.5 Å². The summed E-state index contributed by atoms with van der Waals surface area (Å²) in [5.41, 5.74) is 1.08. The summed E-state index contributed by atoms with van der Waals surface area (Å²) in [5, 5.41) is 6.01. The maximum atomic E-state index is 12.3. The molecule has 1 heterocycles. The van der Waals surface area contributed by atoms with Gasteiger partial charge in [-0.2, -0.15) is 0 Å². The van der Waals surface area contributed by atoms with E-state index in [0.29, 0.717) is 17.2 Å². The highest BCUT2D eigenvalue weighted by atomic mass is 79.9. The molecule has 2 aromatic rings. The smallest absolute Gasteiger partial charge is 0.274 e. The molecule has 0 aliphatic carbocycles. The van der Waals surface area contributed by atoms with E-state index < -0.39 is 0 Å². The third-order valence-electron chi connectivity index (χ3n) is 2.71. The van der Waals surface area contributed by atoms with Crippen LogP contribution in [0.2, 0.25) is 0 Å². The van der Waals surface area contributed by atoms with Gasteiger partial charge in [0.25, 0.3) is 5.91 Å². The summed E-state index contributed by atoms with van der Waals surface area (Å²) in [6, 6.07) is 11.0. The van der Waals surface area contributed by atoms with E-state index in [0.717, 1.165) is 21.9 Å². The van der Waals surface area contributed by atoms with Crippen molar-refractivity contribution in [3.05, 3.63) is 51.0 Å². The van der Waals surface area contributed by atoms with Crippen LogP contribution < -0.4 is 10.6 Å². The molecule has 21 heavy (non-hydrogen) atoms. The van der Waals surface area contributed by atoms with E-state index in [4.69, 9.17) is 0 Å². The zero-order valence-electron chi connectivity index (χ0n) is 11.5. The van der Waals surface area contributed by atoms with Crippen LogP contribution in [-0.4, -0.2) is 17.4 Å². The van der Waals surface area contributed by atoms with E-state index in [1.165, 1.54) is 0 Å². The van der Waals surface area contributed by atoms with Gasteiger partial charge in [0, 0.05) is 15.5 Å². The monoisotopic (exact) mass is 411 g/mol. The second-order valence-corrected chi connectivity index (χ2v) is 6.18. The minimum absolute atomic E-state index is 0.242. The Morgan fingerprint density at radius 1 is 1.24 bits per heavy atom. The number of pyridine rings is 1. The van der Waals surface area contributed by atoms with Crippen LogP contribution in [0.4, 0.5) is 11.5 Å². The Morgan fingerprint density at radius 2 is 2.05 bits per heavy atom. The van der Waals surface area contributed by atoms with Gasteiger partial charge >= 0.3 is 0 Å². The second-order valence-electron chi connectivity index (χ2n) is 4.41. The fourth-order valence-corrected chi connectivity index (χ4v) is 2.40. The number of carbonyl (C=O) groups is 1. The van der Waals surface area contributed by atoms with E-state index in [1.807, 2.05) is 30.3 Å². The first kappa shape index (κ1) is 16.0.